The van der Waals surface area contributed by atoms with Crippen LogP contribution in [0.15, 0.2) is 71.9 Å². The van der Waals surface area contributed by atoms with Gasteiger partial charge >= 0.3 is 5.97 Å². The molecule has 3 heterocycles. The van der Waals surface area contributed by atoms with E-state index in [2.05, 4.69) is 9.88 Å². The Balaban J connectivity index is 1.55. The average Bonchev–Trinajstić information content (AvgIpc) is 3.24. The molecule has 37 heavy (non-hydrogen) atoms. The molecule has 1 aromatic heterocycles. The van der Waals surface area contributed by atoms with Gasteiger partial charge in [-0.15, -0.1) is 11.8 Å². The van der Waals surface area contributed by atoms with Crippen molar-refractivity contribution in [3.05, 3.63) is 84.2 Å². The van der Waals surface area contributed by atoms with Crippen LogP contribution in [0.1, 0.15) is 32.8 Å². The molecule has 0 radical (unpaired) electrons. The number of fused-ring (bicyclic) bond motifs is 1. The Morgan fingerprint density at radius 3 is 2.65 bits per heavy atom. The summed E-state index contributed by atoms with van der Waals surface area (Å²) < 4.78 is 33.7. The molecule has 5 nitrogen and oxygen atoms in total. The van der Waals surface area contributed by atoms with E-state index in [0.717, 1.165) is 34.2 Å². The van der Waals surface area contributed by atoms with E-state index in [9.17, 15) is 13.6 Å². The van der Waals surface area contributed by atoms with Gasteiger partial charge in [-0.2, -0.15) is 4.39 Å². The maximum Gasteiger partial charge on any atom is 0.312 e. The number of thioether (sulfide) groups is 1. The van der Waals surface area contributed by atoms with E-state index in [-0.39, 0.29) is 24.1 Å². The molecule has 0 aliphatic carbocycles. The molecular formula is C29H29F2N3O2S. The fraction of sp³-hybridized carbons (Fsp3) is 0.345. The van der Waals surface area contributed by atoms with Crippen molar-refractivity contribution in [3.8, 4) is 11.1 Å². The van der Waals surface area contributed by atoms with Crippen molar-refractivity contribution in [3.63, 3.8) is 0 Å². The Morgan fingerprint density at radius 1 is 1.14 bits per heavy atom. The quantitative estimate of drug-likeness (QED) is 0.294. The summed E-state index contributed by atoms with van der Waals surface area (Å²) in [6.07, 6.45) is 1.53. The van der Waals surface area contributed by atoms with Crippen molar-refractivity contribution in [1.82, 2.24) is 4.98 Å². The third kappa shape index (κ3) is 5.39. The van der Waals surface area contributed by atoms with Gasteiger partial charge in [0, 0.05) is 42.2 Å². The summed E-state index contributed by atoms with van der Waals surface area (Å²) in [4.78, 5) is 23.9. The summed E-state index contributed by atoms with van der Waals surface area (Å²) in [7, 11) is 0. The largest absolute Gasteiger partial charge is 0.460 e. The molecule has 2 atom stereocenters. The Bertz CT molecular complexity index is 1340. The zero-order valence-electron chi connectivity index (χ0n) is 21.1. The summed E-state index contributed by atoms with van der Waals surface area (Å²) in [5.41, 5.74) is 1.79. The first-order chi connectivity index (χ1) is 17.6. The maximum absolute atomic E-state index is 14.5. The minimum atomic E-state index is -0.647. The third-order valence-corrected chi connectivity index (χ3v) is 7.80. The fourth-order valence-electron chi connectivity index (χ4n) is 5.06. The highest BCUT2D eigenvalue weighted by Crippen LogP contribution is 2.48. The van der Waals surface area contributed by atoms with Gasteiger partial charge in [0.2, 0.25) is 5.95 Å². The number of aromatic nitrogens is 1. The van der Waals surface area contributed by atoms with E-state index in [1.54, 1.807) is 36.0 Å². The monoisotopic (exact) mass is 521 g/mol. The van der Waals surface area contributed by atoms with E-state index in [1.807, 2.05) is 45.0 Å². The first-order valence-corrected chi connectivity index (χ1v) is 13.3. The lowest BCUT2D eigenvalue weighted by atomic mass is 9.81. The SMILES string of the molecule is CC(C)(C)OC(=O)CC1=N[C@@]2(c3cccc(-c4cccnc4F)c3)CN(c3ccc(F)cc3)C[C@H]2CS1. The van der Waals surface area contributed by atoms with Gasteiger partial charge in [-0.3, -0.25) is 9.79 Å². The highest BCUT2D eigenvalue weighted by molar-refractivity contribution is 8.14. The van der Waals surface area contributed by atoms with Crippen molar-refractivity contribution in [2.75, 3.05) is 23.7 Å². The Kier molecular flexibility index (Phi) is 6.79. The normalized spacial score (nSPS) is 21.4. The fourth-order valence-corrected chi connectivity index (χ4v) is 6.28. The molecule has 2 aromatic carbocycles. The molecule has 0 bridgehead atoms. The molecule has 0 N–H and O–H groups in total. The number of benzene rings is 2. The topological polar surface area (TPSA) is 54.8 Å². The maximum atomic E-state index is 14.5. The molecule has 0 saturated carbocycles. The smallest absolute Gasteiger partial charge is 0.312 e. The predicted molar refractivity (Wildman–Crippen MR) is 144 cm³/mol. The van der Waals surface area contributed by atoms with E-state index >= 15 is 0 Å². The van der Waals surface area contributed by atoms with Gasteiger partial charge in [-0.1, -0.05) is 18.2 Å². The van der Waals surface area contributed by atoms with Crippen LogP contribution in [0.4, 0.5) is 14.5 Å². The van der Waals surface area contributed by atoms with Gasteiger partial charge in [-0.05, 0) is 74.4 Å². The highest BCUT2D eigenvalue weighted by Gasteiger charge is 2.50. The zero-order valence-corrected chi connectivity index (χ0v) is 21.9. The summed E-state index contributed by atoms with van der Waals surface area (Å²) in [5.74, 6) is -0.216. The molecule has 1 fully saturated rings. The minimum absolute atomic E-state index is 0.101. The number of halogens is 2. The van der Waals surface area contributed by atoms with Crippen molar-refractivity contribution >= 4 is 28.5 Å². The minimum Gasteiger partial charge on any atom is -0.460 e. The molecule has 192 valence electrons. The molecule has 3 aromatic rings. The number of aliphatic imine (C=N–C) groups is 1. The number of rotatable bonds is 5. The van der Waals surface area contributed by atoms with Crippen molar-refractivity contribution < 1.29 is 18.3 Å². The third-order valence-electron chi connectivity index (χ3n) is 6.66. The van der Waals surface area contributed by atoms with E-state index < -0.39 is 17.1 Å². The summed E-state index contributed by atoms with van der Waals surface area (Å²) in [5, 5.41) is 0.726. The van der Waals surface area contributed by atoms with Gasteiger partial charge in [0.15, 0.2) is 0 Å². The molecule has 0 unspecified atom stereocenters. The van der Waals surface area contributed by atoms with Crippen LogP contribution in [0.25, 0.3) is 11.1 Å². The van der Waals surface area contributed by atoms with Crippen molar-refractivity contribution in [1.29, 1.82) is 0 Å². The Hall–Kier alpha value is -3.26. The zero-order chi connectivity index (χ0) is 26.2. The Labute approximate surface area is 220 Å². The number of anilines is 1. The van der Waals surface area contributed by atoms with Crippen LogP contribution in [-0.2, 0) is 15.1 Å². The summed E-state index contributed by atoms with van der Waals surface area (Å²) in [6.45, 7) is 6.82. The lowest BCUT2D eigenvalue weighted by molar-refractivity contribution is -0.153. The second-order valence-corrected chi connectivity index (χ2v) is 11.6. The molecule has 2 aliphatic heterocycles. The van der Waals surface area contributed by atoms with Crippen LogP contribution >= 0.6 is 11.8 Å². The molecule has 0 amide bonds. The van der Waals surface area contributed by atoms with E-state index in [1.165, 1.54) is 18.3 Å². The second kappa shape index (κ2) is 9.89. The summed E-state index contributed by atoms with van der Waals surface area (Å²) >= 11 is 1.58. The highest BCUT2D eigenvalue weighted by atomic mass is 32.2. The van der Waals surface area contributed by atoms with Crippen LogP contribution in [0, 0.1) is 17.7 Å². The van der Waals surface area contributed by atoms with Crippen LogP contribution in [0.2, 0.25) is 0 Å². The van der Waals surface area contributed by atoms with Crippen molar-refractivity contribution in [2.24, 2.45) is 10.9 Å². The van der Waals surface area contributed by atoms with Gasteiger partial charge in [0.1, 0.15) is 17.0 Å². The Morgan fingerprint density at radius 2 is 1.92 bits per heavy atom. The van der Waals surface area contributed by atoms with E-state index in [4.69, 9.17) is 9.73 Å². The second-order valence-electron chi connectivity index (χ2n) is 10.5. The lowest BCUT2D eigenvalue weighted by Crippen LogP contribution is -2.39. The van der Waals surface area contributed by atoms with E-state index in [0.29, 0.717) is 12.1 Å². The molecule has 0 spiro atoms. The standard InChI is InChI=1S/C29H29F2N3O2S/c1-28(2,3)36-26(35)15-25-33-29(20-7-4-6-19(14-20)24-8-5-13-32-27(24)31)18-34(16-21(29)17-37-25)23-11-9-22(30)10-12-23/h4-14,21H,15-18H2,1-3H3/t21-,29+/m0/s1. The molecule has 5 rings (SSSR count). The van der Waals surface area contributed by atoms with Gasteiger partial charge in [0.05, 0.1) is 11.5 Å². The first kappa shape index (κ1) is 25.4. The van der Waals surface area contributed by atoms with Gasteiger partial charge < -0.3 is 9.64 Å². The van der Waals surface area contributed by atoms with Crippen LogP contribution in [0.3, 0.4) is 0 Å². The molecule has 2 aliphatic rings. The number of esters is 1. The first-order valence-electron chi connectivity index (χ1n) is 12.3. The molecular weight excluding hydrogens is 492 g/mol. The van der Waals surface area contributed by atoms with Crippen LogP contribution < -0.4 is 4.90 Å². The van der Waals surface area contributed by atoms with Crippen molar-refractivity contribution in [2.45, 2.75) is 38.3 Å². The van der Waals surface area contributed by atoms with Gasteiger partial charge in [0.25, 0.3) is 0 Å². The van der Waals surface area contributed by atoms with Gasteiger partial charge in [-0.25, -0.2) is 9.37 Å². The van der Waals surface area contributed by atoms with Crippen LogP contribution in [0.5, 0.6) is 0 Å². The lowest BCUT2D eigenvalue weighted by Gasteiger charge is -2.36. The average molecular weight is 522 g/mol. The summed E-state index contributed by atoms with van der Waals surface area (Å²) in [6, 6.07) is 17.7. The molecule has 8 heteroatoms. The van der Waals surface area contributed by atoms with Crippen LogP contribution in [-0.4, -0.2) is 40.4 Å². The number of carbonyl (C=O) groups is 1. The predicted octanol–water partition coefficient (Wildman–Crippen LogP) is 6.24. The number of nitrogens with zero attached hydrogens (tertiary/aromatic N) is 3. The number of carbonyl (C=O) groups excluding carboxylic acids is 1. The number of hydrogen-bond acceptors (Lipinski definition) is 6. The number of pyridine rings is 1. The number of hydrogen-bond donors (Lipinski definition) is 0. The number of ether oxygens (including phenoxy) is 1. The molecule has 1 saturated heterocycles.